The average Bonchev–Trinajstić information content (AvgIpc) is 2.54. The number of nitrogens with zero attached hydrogens (tertiary/aromatic N) is 2. The van der Waals surface area contributed by atoms with E-state index in [0.29, 0.717) is 11.3 Å². The summed E-state index contributed by atoms with van der Waals surface area (Å²) in [6, 6.07) is 10.2. The van der Waals surface area contributed by atoms with Crippen LogP contribution in [0.15, 0.2) is 42.5 Å². The molecule has 124 valence electrons. The lowest BCUT2D eigenvalue weighted by Gasteiger charge is -2.08. The molecule has 2 aromatic rings. The van der Waals surface area contributed by atoms with Gasteiger partial charge in [-0.15, -0.1) is 0 Å². The Morgan fingerprint density at radius 3 is 2.50 bits per heavy atom. The monoisotopic (exact) mass is 330 g/mol. The number of aryl methyl sites for hydroxylation is 1. The first-order valence-corrected chi connectivity index (χ1v) is 6.90. The summed E-state index contributed by atoms with van der Waals surface area (Å²) in [5, 5.41) is 26.9. The molecule has 2 N–H and O–H groups in total. The van der Waals surface area contributed by atoms with Crippen molar-refractivity contribution in [3.8, 4) is 0 Å². The Morgan fingerprint density at radius 2 is 1.83 bits per heavy atom. The Labute approximate surface area is 136 Å². The zero-order valence-corrected chi connectivity index (χ0v) is 12.7. The SMILES string of the molecule is Cc1ccc(NC(=O)CNc2cccc([N+](=O)[O-])c2)c([N+](=O)[O-])c1. The number of non-ortho nitro benzene ring substituents is 1. The highest BCUT2D eigenvalue weighted by Gasteiger charge is 2.16. The quantitative estimate of drug-likeness (QED) is 0.619. The number of carbonyl (C=O) groups is 1. The molecular weight excluding hydrogens is 316 g/mol. The Balaban J connectivity index is 2.03. The van der Waals surface area contributed by atoms with Crippen LogP contribution in [-0.2, 0) is 4.79 Å². The van der Waals surface area contributed by atoms with Crippen LogP contribution in [0.25, 0.3) is 0 Å². The van der Waals surface area contributed by atoms with E-state index in [-0.39, 0.29) is 23.6 Å². The van der Waals surface area contributed by atoms with Gasteiger partial charge in [0.25, 0.3) is 11.4 Å². The molecule has 2 aromatic carbocycles. The molecule has 0 radical (unpaired) electrons. The molecule has 9 heteroatoms. The summed E-state index contributed by atoms with van der Waals surface area (Å²) in [6.07, 6.45) is 0. The van der Waals surface area contributed by atoms with Crippen molar-refractivity contribution in [1.82, 2.24) is 0 Å². The van der Waals surface area contributed by atoms with Crippen LogP contribution in [0.4, 0.5) is 22.7 Å². The zero-order valence-electron chi connectivity index (χ0n) is 12.7. The Morgan fingerprint density at radius 1 is 1.08 bits per heavy atom. The van der Waals surface area contributed by atoms with Crippen molar-refractivity contribution in [2.24, 2.45) is 0 Å². The fraction of sp³-hybridized carbons (Fsp3) is 0.133. The van der Waals surface area contributed by atoms with E-state index in [0.717, 1.165) is 0 Å². The van der Waals surface area contributed by atoms with Crippen molar-refractivity contribution in [3.63, 3.8) is 0 Å². The van der Waals surface area contributed by atoms with Crippen molar-refractivity contribution in [1.29, 1.82) is 0 Å². The van der Waals surface area contributed by atoms with E-state index in [1.54, 1.807) is 19.1 Å². The molecule has 0 fully saturated rings. The van der Waals surface area contributed by atoms with Crippen molar-refractivity contribution in [3.05, 3.63) is 68.3 Å². The highest BCUT2D eigenvalue weighted by Crippen LogP contribution is 2.25. The zero-order chi connectivity index (χ0) is 17.7. The van der Waals surface area contributed by atoms with E-state index in [4.69, 9.17) is 0 Å². The number of nitro benzene ring substituents is 2. The molecule has 0 aliphatic heterocycles. The highest BCUT2D eigenvalue weighted by atomic mass is 16.6. The number of rotatable bonds is 6. The van der Waals surface area contributed by atoms with Gasteiger partial charge in [-0.2, -0.15) is 0 Å². The van der Waals surface area contributed by atoms with E-state index in [1.165, 1.54) is 30.3 Å². The van der Waals surface area contributed by atoms with Crippen LogP contribution in [0.2, 0.25) is 0 Å². The average molecular weight is 330 g/mol. The van der Waals surface area contributed by atoms with E-state index in [9.17, 15) is 25.0 Å². The molecule has 0 spiro atoms. The molecule has 0 aliphatic rings. The second-order valence-corrected chi connectivity index (χ2v) is 4.99. The number of benzene rings is 2. The number of amides is 1. The first-order valence-electron chi connectivity index (χ1n) is 6.90. The predicted octanol–water partition coefficient (Wildman–Crippen LogP) is 2.86. The largest absolute Gasteiger partial charge is 0.376 e. The minimum absolute atomic E-state index is 0.0939. The lowest BCUT2D eigenvalue weighted by atomic mass is 10.2. The Hall–Kier alpha value is -3.49. The minimum Gasteiger partial charge on any atom is -0.376 e. The van der Waals surface area contributed by atoms with Gasteiger partial charge >= 0.3 is 0 Å². The van der Waals surface area contributed by atoms with Gasteiger partial charge in [-0.05, 0) is 24.6 Å². The maximum absolute atomic E-state index is 11.9. The topological polar surface area (TPSA) is 127 Å². The van der Waals surface area contributed by atoms with Gasteiger partial charge in [0.1, 0.15) is 5.69 Å². The molecule has 9 nitrogen and oxygen atoms in total. The van der Waals surface area contributed by atoms with Crippen molar-refractivity contribution < 1.29 is 14.6 Å². The van der Waals surface area contributed by atoms with Crippen LogP contribution in [0.3, 0.4) is 0 Å². The molecule has 0 aromatic heterocycles. The van der Waals surface area contributed by atoms with Gasteiger partial charge in [-0.1, -0.05) is 12.1 Å². The first-order chi connectivity index (χ1) is 11.4. The van der Waals surface area contributed by atoms with Gasteiger partial charge in [-0.25, -0.2) is 0 Å². The van der Waals surface area contributed by atoms with Crippen LogP contribution in [0, 0.1) is 27.2 Å². The van der Waals surface area contributed by atoms with Crippen molar-refractivity contribution in [2.75, 3.05) is 17.2 Å². The van der Waals surface area contributed by atoms with Gasteiger partial charge in [-0.3, -0.25) is 25.0 Å². The van der Waals surface area contributed by atoms with Gasteiger partial charge in [0.05, 0.1) is 16.4 Å². The van der Waals surface area contributed by atoms with Gasteiger partial charge in [0.15, 0.2) is 0 Å². The number of nitro groups is 2. The maximum Gasteiger partial charge on any atom is 0.293 e. The summed E-state index contributed by atoms with van der Waals surface area (Å²) in [4.78, 5) is 32.5. The number of anilines is 2. The maximum atomic E-state index is 11.9. The summed E-state index contributed by atoms with van der Waals surface area (Å²) >= 11 is 0. The second kappa shape index (κ2) is 7.18. The number of nitrogens with one attached hydrogen (secondary N) is 2. The van der Waals surface area contributed by atoms with Gasteiger partial charge < -0.3 is 10.6 Å². The lowest BCUT2D eigenvalue weighted by molar-refractivity contribution is -0.384. The third-order valence-electron chi connectivity index (χ3n) is 3.13. The molecule has 1 amide bonds. The number of hydrogen-bond acceptors (Lipinski definition) is 6. The number of hydrogen-bond donors (Lipinski definition) is 2. The summed E-state index contributed by atoms with van der Waals surface area (Å²) in [5.74, 6) is -0.506. The smallest absolute Gasteiger partial charge is 0.293 e. The minimum atomic E-state index is -0.573. The molecule has 0 heterocycles. The highest BCUT2D eigenvalue weighted by molar-refractivity contribution is 5.95. The fourth-order valence-electron chi connectivity index (χ4n) is 2.00. The standard InChI is InChI=1S/C15H14N4O5/c1-10-5-6-13(14(7-10)19(23)24)17-15(20)9-16-11-3-2-4-12(8-11)18(21)22/h2-8,16H,9H2,1H3,(H,17,20). The molecule has 0 saturated heterocycles. The Kier molecular flexibility index (Phi) is 5.05. The normalized spacial score (nSPS) is 10.0. The van der Waals surface area contributed by atoms with Gasteiger partial charge in [0, 0.05) is 23.9 Å². The van der Waals surface area contributed by atoms with E-state index in [2.05, 4.69) is 10.6 Å². The summed E-state index contributed by atoms with van der Waals surface area (Å²) in [7, 11) is 0. The van der Waals surface area contributed by atoms with Crippen molar-refractivity contribution >= 4 is 28.7 Å². The number of carbonyl (C=O) groups excluding carboxylic acids is 1. The molecule has 0 aliphatic carbocycles. The van der Waals surface area contributed by atoms with Crippen LogP contribution < -0.4 is 10.6 Å². The Bertz CT molecular complexity index is 806. The van der Waals surface area contributed by atoms with Crippen molar-refractivity contribution in [2.45, 2.75) is 6.92 Å². The lowest BCUT2D eigenvalue weighted by Crippen LogP contribution is -2.22. The van der Waals surface area contributed by atoms with Gasteiger partial charge in [0.2, 0.25) is 5.91 Å². The third-order valence-corrected chi connectivity index (χ3v) is 3.13. The summed E-state index contributed by atoms with van der Waals surface area (Å²) < 4.78 is 0. The van der Waals surface area contributed by atoms with Crippen LogP contribution in [0.5, 0.6) is 0 Å². The first kappa shape index (κ1) is 16.9. The molecular formula is C15H14N4O5. The van der Waals surface area contributed by atoms with E-state index < -0.39 is 15.8 Å². The summed E-state index contributed by atoms with van der Waals surface area (Å²) in [6.45, 7) is 1.52. The van der Waals surface area contributed by atoms with E-state index >= 15 is 0 Å². The van der Waals surface area contributed by atoms with E-state index in [1.807, 2.05) is 0 Å². The van der Waals surface area contributed by atoms with Crippen LogP contribution in [-0.4, -0.2) is 22.3 Å². The molecule has 2 rings (SSSR count). The molecule has 0 atom stereocenters. The van der Waals surface area contributed by atoms with Crippen LogP contribution in [0.1, 0.15) is 5.56 Å². The molecule has 0 unspecified atom stereocenters. The third kappa shape index (κ3) is 4.26. The second-order valence-electron chi connectivity index (χ2n) is 4.99. The molecule has 0 saturated carbocycles. The van der Waals surface area contributed by atoms with Crippen LogP contribution >= 0.6 is 0 Å². The predicted molar refractivity (Wildman–Crippen MR) is 88.0 cm³/mol. The fourth-order valence-corrected chi connectivity index (χ4v) is 2.00. The molecule has 0 bridgehead atoms. The molecule has 24 heavy (non-hydrogen) atoms. The summed E-state index contributed by atoms with van der Waals surface area (Å²) in [5.41, 5.74) is 0.900.